The molecule has 0 atom stereocenters. The van der Waals surface area contributed by atoms with Gasteiger partial charge in [-0.05, 0) is 12.1 Å². The van der Waals surface area contributed by atoms with E-state index in [2.05, 4.69) is 4.98 Å². The van der Waals surface area contributed by atoms with Crippen LogP contribution in [0.5, 0.6) is 0 Å². The predicted octanol–water partition coefficient (Wildman–Crippen LogP) is 0.227. The average molecular weight is 176 g/mol. The molecule has 0 aliphatic rings. The van der Waals surface area contributed by atoms with E-state index < -0.39 is 0 Å². The number of nitrogens with one attached hydrogen (secondary N) is 1. The fourth-order valence-corrected chi connectivity index (χ4v) is 1.32. The van der Waals surface area contributed by atoms with Crippen molar-refractivity contribution in [1.29, 1.82) is 0 Å². The summed E-state index contributed by atoms with van der Waals surface area (Å²) in [7, 11) is 1.64. The van der Waals surface area contributed by atoms with Crippen molar-refractivity contribution in [3.05, 3.63) is 45.1 Å². The molecule has 2 heterocycles. The standard InChI is InChI=1S/C9H8N2O2/c1-11-7-4-5-10-9(13)6(7)2-3-8(11)12/h2-5H,1H3,(H,10,13). The van der Waals surface area contributed by atoms with Crippen molar-refractivity contribution < 1.29 is 0 Å². The summed E-state index contributed by atoms with van der Waals surface area (Å²) in [6, 6.07) is 4.63. The lowest BCUT2D eigenvalue weighted by Crippen LogP contribution is -2.18. The molecule has 0 radical (unpaired) electrons. The molecule has 0 saturated heterocycles. The largest absolute Gasteiger partial charge is 0.328 e. The number of hydrogen-bond acceptors (Lipinski definition) is 2. The van der Waals surface area contributed by atoms with Gasteiger partial charge in [0.25, 0.3) is 11.1 Å². The molecule has 1 N–H and O–H groups in total. The molecule has 2 rings (SSSR count). The van der Waals surface area contributed by atoms with Crippen molar-refractivity contribution in [2.75, 3.05) is 0 Å². The zero-order valence-electron chi connectivity index (χ0n) is 7.07. The second-order valence-electron chi connectivity index (χ2n) is 2.84. The first-order valence-corrected chi connectivity index (χ1v) is 3.87. The third kappa shape index (κ3) is 1.07. The number of fused-ring (bicyclic) bond motifs is 1. The molecule has 4 heteroatoms. The van der Waals surface area contributed by atoms with E-state index >= 15 is 0 Å². The Morgan fingerprint density at radius 3 is 2.77 bits per heavy atom. The highest BCUT2D eigenvalue weighted by Crippen LogP contribution is 2.02. The number of H-pyrrole nitrogens is 1. The Kier molecular flexibility index (Phi) is 1.55. The van der Waals surface area contributed by atoms with Gasteiger partial charge in [0.15, 0.2) is 0 Å². The van der Waals surface area contributed by atoms with Gasteiger partial charge in [0.05, 0.1) is 10.9 Å². The molecule has 0 unspecified atom stereocenters. The summed E-state index contributed by atoms with van der Waals surface area (Å²) in [5.41, 5.74) is 0.363. The highest BCUT2D eigenvalue weighted by atomic mass is 16.1. The van der Waals surface area contributed by atoms with E-state index in [9.17, 15) is 9.59 Å². The van der Waals surface area contributed by atoms with Gasteiger partial charge in [-0.15, -0.1) is 0 Å². The molecule has 2 aromatic rings. The van der Waals surface area contributed by atoms with E-state index in [-0.39, 0.29) is 11.1 Å². The molecule has 0 amide bonds. The van der Waals surface area contributed by atoms with Crippen LogP contribution in [0, 0.1) is 0 Å². The van der Waals surface area contributed by atoms with Crippen LogP contribution in [0.4, 0.5) is 0 Å². The van der Waals surface area contributed by atoms with Crippen LogP contribution >= 0.6 is 0 Å². The van der Waals surface area contributed by atoms with E-state index in [4.69, 9.17) is 0 Å². The maximum absolute atomic E-state index is 11.3. The van der Waals surface area contributed by atoms with Crippen LogP contribution < -0.4 is 11.1 Å². The summed E-state index contributed by atoms with van der Waals surface area (Å²) < 4.78 is 1.45. The topological polar surface area (TPSA) is 54.9 Å². The highest BCUT2D eigenvalue weighted by molar-refractivity contribution is 5.77. The molecule has 0 aliphatic heterocycles. The highest BCUT2D eigenvalue weighted by Gasteiger charge is 2.00. The summed E-state index contributed by atoms with van der Waals surface area (Å²) in [4.78, 5) is 25.0. The van der Waals surface area contributed by atoms with Crippen molar-refractivity contribution in [1.82, 2.24) is 9.55 Å². The first-order valence-electron chi connectivity index (χ1n) is 3.87. The summed E-state index contributed by atoms with van der Waals surface area (Å²) in [5.74, 6) is 0. The van der Waals surface area contributed by atoms with Crippen molar-refractivity contribution >= 4 is 10.9 Å². The molecule has 0 aliphatic carbocycles. The Labute approximate surface area is 73.5 Å². The van der Waals surface area contributed by atoms with Gasteiger partial charge in [-0.2, -0.15) is 0 Å². The zero-order chi connectivity index (χ0) is 9.42. The van der Waals surface area contributed by atoms with Gasteiger partial charge in [0, 0.05) is 19.3 Å². The van der Waals surface area contributed by atoms with Crippen LogP contribution in [0.25, 0.3) is 10.9 Å². The van der Waals surface area contributed by atoms with Crippen molar-refractivity contribution in [3.8, 4) is 0 Å². The molecule has 0 bridgehead atoms. The number of pyridine rings is 2. The van der Waals surface area contributed by atoms with Crippen molar-refractivity contribution in [2.24, 2.45) is 7.05 Å². The van der Waals surface area contributed by atoms with E-state index in [1.165, 1.54) is 22.9 Å². The maximum atomic E-state index is 11.3. The maximum Gasteiger partial charge on any atom is 0.257 e. The Morgan fingerprint density at radius 2 is 2.00 bits per heavy atom. The number of rotatable bonds is 0. The normalized spacial score (nSPS) is 10.5. The Morgan fingerprint density at radius 1 is 1.23 bits per heavy atom. The monoisotopic (exact) mass is 176 g/mol. The van der Waals surface area contributed by atoms with Gasteiger partial charge >= 0.3 is 0 Å². The quantitative estimate of drug-likeness (QED) is 0.624. The summed E-state index contributed by atoms with van der Waals surface area (Å²) in [6.45, 7) is 0. The van der Waals surface area contributed by atoms with Crippen LogP contribution in [0.2, 0.25) is 0 Å². The number of hydrogen-bond donors (Lipinski definition) is 1. The number of aromatic nitrogens is 2. The van der Waals surface area contributed by atoms with E-state index in [0.29, 0.717) is 10.9 Å². The van der Waals surface area contributed by atoms with E-state index in [0.717, 1.165) is 0 Å². The van der Waals surface area contributed by atoms with Gasteiger partial charge in [-0.3, -0.25) is 9.59 Å². The molecule has 66 valence electrons. The van der Waals surface area contributed by atoms with Crippen LogP contribution in [0.15, 0.2) is 34.0 Å². The summed E-state index contributed by atoms with van der Waals surface area (Å²) in [6.07, 6.45) is 1.53. The first-order chi connectivity index (χ1) is 6.20. The molecule has 4 nitrogen and oxygen atoms in total. The van der Waals surface area contributed by atoms with Crippen LogP contribution in [-0.4, -0.2) is 9.55 Å². The van der Waals surface area contributed by atoms with Crippen LogP contribution in [0.3, 0.4) is 0 Å². The minimum Gasteiger partial charge on any atom is -0.328 e. The molecular weight excluding hydrogens is 168 g/mol. The molecular formula is C9H8N2O2. The van der Waals surface area contributed by atoms with E-state index in [1.807, 2.05) is 0 Å². The summed E-state index contributed by atoms with van der Waals surface area (Å²) >= 11 is 0. The van der Waals surface area contributed by atoms with Gasteiger partial charge in [-0.25, -0.2) is 0 Å². The van der Waals surface area contributed by atoms with Gasteiger partial charge in [0.2, 0.25) is 0 Å². The molecule has 0 saturated carbocycles. The second-order valence-corrected chi connectivity index (χ2v) is 2.84. The van der Waals surface area contributed by atoms with Crippen LogP contribution in [0.1, 0.15) is 0 Å². The number of nitrogens with zero attached hydrogens (tertiary/aromatic N) is 1. The predicted molar refractivity (Wildman–Crippen MR) is 49.8 cm³/mol. The molecule has 13 heavy (non-hydrogen) atoms. The Balaban J connectivity index is 3.12. The van der Waals surface area contributed by atoms with E-state index in [1.54, 1.807) is 13.1 Å². The zero-order valence-corrected chi connectivity index (χ0v) is 7.07. The lowest BCUT2D eigenvalue weighted by atomic mass is 10.2. The van der Waals surface area contributed by atoms with Gasteiger partial charge in [0.1, 0.15) is 0 Å². The minimum atomic E-state index is -0.173. The minimum absolute atomic E-state index is 0.113. The Hall–Kier alpha value is -1.84. The average Bonchev–Trinajstić information content (AvgIpc) is 2.12. The number of aromatic amines is 1. The van der Waals surface area contributed by atoms with Crippen LogP contribution in [-0.2, 0) is 7.05 Å². The fourth-order valence-electron chi connectivity index (χ4n) is 1.32. The van der Waals surface area contributed by atoms with Gasteiger partial charge in [-0.1, -0.05) is 0 Å². The molecule has 0 fully saturated rings. The second kappa shape index (κ2) is 2.58. The Bertz CT molecular complexity index is 566. The lowest BCUT2D eigenvalue weighted by molar-refractivity contribution is 0.903. The number of aryl methyl sites for hydroxylation is 1. The lowest BCUT2D eigenvalue weighted by Gasteiger charge is -2.01. The van der Waals surface area contributed by atoms with Crippen molar-refractivity contribution in [2.45, 2.75) is 0 Å². The van der Waals surface area contributed by atoms with Gasteiger partial charge < -0.3 is 9.55 Å². The molecule has 2 aromatic heterocycles. The smallest absolute Gasteiger partial charge is 0.257 e. The fraction of sp³-hybridized carbons (Fsp3) is 0.111. The molecule has 0 aromatic carbocycles. The van der Waals surface area contributed by atoms with Crippen molar-refractivity contribution in [3.63, 3.8) is 0 Å². The third-order valence-electron chi connectivity index (χ3n) is 2.06. The third-order valence-corrected chi connectivity index (χ3v) is 2.06. The SMILES string of the molecule is Cn1c(=O)ccc2c(=O)[nH]ccc21. The first kappa shape index (κ1) is 7.79. The molecule has 0 spiro atoms. The summed E-state index contributed by atoms with van der Waals surface area (Å²) in [5, 5.41) is 0.532.